The van der Waals surface area contributed by atoms with Gasteiger partial charge < -0.3 is 10.2 Å². The van der Waals surface area contributed by atoms with Gasteiger partial charge in [-0.3, -0.25) is 0 Å². The molecule has 1 heterocycles. The fraction of sp³-hybridized carbons (Fsp3) is 0.500. The second kappa shape index (κ2) is 4.79. The largest absolute Gasteiger partial charge is 0.390 e. The van der Waals surface area contributed by atoms with E-state index in [0.29, 0.717) is 6.54 Å². The summed E-state index contributed by atoms with van der Waals surface area (Å²) in [6.45, 7) is 1.59. The van der Waals surface area contributed by atoms with Crippen LogP contribution in [0.1, 0.15) is 0 Å². The first kappa shape index (κ1) is 9.09. The first-order valence-corrected chi connectivity index (χ1v) is 3.95. The minimum atomic E-state index is 0.0537. The Morgan fingerprint density at radius 3 is 2.67 bits per heavy atom. The minimum Gasteiger partial charge on any atom is -0.390 e. The van der Waals surface area contributed by atoms with Crippen molar-refractivity contribution in [3.63, 3.8) is 0 Å². The summed E-state index contributed by atoms with van der Waals surface area (Å²) in [4.78, 5) is 0. The van der Waals surface area contributed by atoms with Crippen LogP contribution in [0.25, 0.3) is 0 Å². The van der Waals surface area contributed by atoms with Crippen LogP contribution in [0, 0.1) is 0 Å². The summed E-state index contributed by atoms with van der Waals surface area (Å²) in [6, 6.07) is 0. The normalized spacial score (nSPS) is 19.8. The molecule has 1 aliphatic rings. The van der Waals surface area contributed by atoms with E-state index in [4.69, 9.17) is 10.2 Å². The first-order valence-electron chi connectivity index (χ1n) is 3.95. The predicted molar refractivity (Wildman–Crippen MR) is 45.7 cm³/mol. The second-order valence-corrected chi connectivity index (χ2v) is 2.50. The van der Waals surface area contributed by atoms with Gasteiger partial charge in [-0.15, -0.1) is 0 Å². The van der Waals surface area contributed by atoms with E-state index in [9.17, 15) is 0 Å². The van der Waals surface area contributed by atoms with Crippen LogP contribution in [0.4, 0.5) is 0 Å². The summed E-state index contributed by atoms with van der Waals surface area (Å²) in [5, 5.41) is 17.2. The molecule has 66 valence electrons. The molecule has 0 aromatic carbocycles. The molecular formula is C8H14N2O2+2. The zero-order valence-corrected chi connectivity index (χ0v) is 6.93. The maximum atomic E-state index is 8.63. The van der Waals surface area contributed by atoms with E-state index in [-0.39, 0.29) is 13.2 Å². The van der Waals surface area contributed by atoms with Crippen LogP contribution in [0.5, 0.6) is 0 Å². The molecule has 4 heteroatoms. The molecule has 0 radical (unpaired) electrons. The van der Waals surface area contributed by atoms with Gasteiger partial charge in [0.05, 0.1) is 0 Å². The van der Waals surface area contributed by atoms with Gasteiger partial charge in [0.15, 0.2) is 12.8 Å². The highest BCUT2D eigenvalue weighted by Gasteiger charge is 2.10. The van der Waals surface area contributed by atoms with Crippen molar-refractivity contribution in [2.24, 2.45) is 0 Å². The van der Waals surface area contributed by atoms with E-state index in [0.717, 1.165) is 6.54 Å². The number of hydrogen-bond donors (Lipinski definition) is 2. The van der Waals surface area contributed by atoms with Crippen molar-refractivity contribution in [2.75, 3.05) is 26.3 Å². The van der Waals surface area contributed by atoms with Gasteiger partial charge in [0.1, 0.15) is 13.2 Å². The van der Waals surface area contributed by atoms with Gasteiger partial charge in [-0.25, -0.2) is 0 Å². The maximum absolute atomic E-state index is 8.63. The zero-order valence-electron chi connectivity index (χ0n) is 6.93. The lowest BCUT2D eigenvalue weighted by molar-refractivity contribution is -0.515. The molecule has 0 fully saturated rings. The van der Waals surface area contributed by atoms with Gasteiger partial charge in [-0.05, 0) is 0 Å². The highest BCUT2D eigenvalue weighted by molar-refractivity contribution is 5.57. The van der Waals surface area contributed by atoms with E-state index < -0.39 is 0 Å². The first-order chi connectivity index (χ1) is 5.86. The van der Waals surface area contributed by atoms with Crippen LogP contribution in [-0.4, -0.2) is 58.1 Å². The van der Waals surface area contributed by atoms with Crippen molar-refractivity contribution in [3.8, 4) is 0 Å². The molecule has 0 unspecified atom stereocenters. The molecule has 4 nitrogen and oxygen atoms in total. The Bertz CT molecular complexity index is 231. The molecule has 1 rings (SSSR count). The monoisotopic (exact) mass is 170 g/mol. The van der Waals surface area contributed by atoms with Crippen LogP contribution >= 0.6 is 0 Å². The number of aliphatic hydroxyl groups excluding tert-OH is 2. The summed E-state index contributed by atoms with van der Waals surface area (Å²) >= 11 is 0. The van der Waals surface area contributed by atoms with Crippen LogP contribution in [0.2, 0.25) is 0 Å². The van der Waals surface area contributed by atoms with Gasteiger partial charge in [-0.2, -0.15) is 9.15 Å². The summed E-state index contributed by atoms with van der Waals surface area (Å²) in [7, 11) is 0. The predicted octanol–water partition coefficient (Wildman–Crippen LogP) is -1.38. The molecule has 0 aromatic heterocycles. The molecule has 1 aliphatic heterocycles. The standard InChI is InChI=1S/C8H14N2O2/c11-7-5-9-1-2-10(4-3-9)6-8-12/h1-3,6,11-12H,4-5,7-8H2/q+2. The smallest absolute Gasteiger partial charge is 0.233 e. The van der Waals surface area contributed by atoms with E-state index in [1.165, 1.54) is 0 Å². The topological polar surface area (TPSA) is 46.5 Å². The van der Waals surface area contributed by atoms with Crippen LogP contribution < -0.4 is 0 Å². The highest BCUT2D eigenvalue weighted by atomic mass is 16.3. The molecule has 0 aliphatic carbocycles. The number of rotatable bonds is 3. The SMILES string of the molecule is OCC=[N+]1C=C[N+](CCO)=CC1. The van der Waals surface area contributed by atoms with Crippen molar-refractivity contribution in [1.82, 2.24) is 0 Å². The van der Waals surface area contributed by atoms with Crippen molar-refractivity contribution >= 4 is 12.4 Å². The minimum absolute atomic E-state index is 0.0537. The molecule has 0 saturated carbocycles. The molecule has 0 saturated heterocycles. The number of β-amino-alcohol motifs (C(OH)–C–C–N with tert-alkyl or cyclic N) is 1. The van der Waals surface area contributed by atoms with Crippen molar-refractivity contribution < 1.29 is 19.4 Å². The molecule has 12 heavy (non-hydrogen) atoms. The molecule has 0 amide bonds. The van der Waals surface area contributed by atoms with Gasteiger partial charge in [0.25, 0.3) is 0 Å². The number of nitrogens with zero attached hydrogens (tertiary/aromatic N) is 2. The number of hydrogen-bond acceptors (Lipinski definition) is 2. The fourth-order valence-corrected chi connectivity index (χ4v) is 1.01. The highest BCUT2D eigenvalue weighted by Crippen LogP contribution is 1.86. The summed E-state index contributed by atoms with van der Waals surface area (Å²) in [6.07, 6.45) is 7.39. The zero-order chi connectivity index (χ0) is 8.81. The Kier molecular flexibility index (Phi) is 3.63. The van der Waals surface area contributed by atoms with E-state index in [2.05, 4.69) is 0 Å². The van der Waals surface area contributed by atoms with Crippen molar-refractivity contribution in [2.45, 2.75) is 0 Å². The molecule has 0 atom stereocenters. The van der Waals surface area contributed by atoms with E-state index in [1.807, 2.05) is 27.8 Å². The molecule has 0 bridgehead atoms. The lowest BCUT2D eigenvalue weighted by Crippen LogP contribution is -2.23. The lowest BCUT2D eigenvalue weighted by Gasteiger charge is -1.98. The molecule has 0 aromatic rings. The van der Waals surface area contributed by atoms with Gasteiger partial charge in [-0.1, -0.05) is 0 Å². The molecule has 0 spiro atoms. The fourth-order valence-electron chi connectivity index (χ4n) is 1.01. The third-order valence-electron chi connectivity index (χ3n) is 1.65. The lowest BCUT2D eigenvalue weighted by atomic mass is 10.5. The van der Waals surface area contributed by atoms with Crippen LogP contribution in [0.3, 0.4) is 0 Å². The van der Waals surface area contributed by atoms with Crippen molar-refractivity contribution in [1.29, 1.82) is 0 Å². The quantitative estimate of drug-likeness (QED) is 0.513. The van der Waals surface area contributed by atoms with Crippen LogP contribution in [0.15, 0.2) is 12.4 Å². The Labute approximate surface area is 71.4 Å². The Hall–Kier alpha value is -1.00. The third kappa shape index (κ3) is 2.56. The summed E-state index contributed by atoms with van der Waals surface area (Å²) < 4.78 is 3.80. The van der Waals surface area contributed by atoms with Gasteiger partial charge in [0, 0.05) is 0 Å². The average Bonchev–Trinajstić information content (AvgIpc) is 2.09. The Balaban J connectivity index is 2.49. The van der Waals surface area contributed by atoms with E-state index >= 15 is 0 Å². The third-order valence-corrected chi connectivity index (χ3v) is 1.65. The Morgan fingerprint density at radius 2 is 2.17 bits per heavy atom. The Morgan fingerprint density at radius 1 is 1.33 bits per heavy atom. The van der Waals surface area contributed by atoms with Gasteiger partial charge in [0.2, 0.25) is 25.2 Å². The molecular weight excluding hydrogens is 156 g/mol. The maximum Gasteiger partial charge on any atom is 0.233 e. The summed E-state index contributed by atoms with van der Waals surface area (Å²) in [5.74, 6) is 0. The average molecular weight is 170 g/mol. The van der Waals surface area contributed by atoms with Gasteiger partial charge >= 0.3 is 0 Å². The van der Waals surface area contributed by atoms with Crippen molar-refractivity contribution in [3.05, 3.63) is 12.4 Å². The number of aliphatic hydroxyl groups is 2. The second-order valence-electron chi connectivity index (χ2n) is 2.50. The molecule has 2 N–H and O–H groups in total. The van der Waals surface area contributed by atoms with Crippen LogP contribution in [-0.2, 0) is 0 Å². The summed E-state index contributed by atoms with van der Waals surface area (Å²) in [5.41, 5.74) is 0. The van der Waals surface area contributed by atoms with E-state index in [1.54, 1.807) is 6.21 Å².